The summed E-state index contributed by atoms with van der Waals surface area (Å²) >= 11 is 0. The first kappa shape index (κ1) is 16.8. The zero-order valence-electron chi connectivity index (χ0n) is 14.4. The van der Waals surface area contributed by atoms with Crippen molar-refractivity contribution in [3.8, 4) is 11.6 Å². The number of rotatable bonds is 5. The lowest BCUT2D eigenvalue weighted by Crippen LogP contribution is -2.57. The number of carbonyl (C=O) groups is 1. The number of nitrogens with zero attached hydrogens (tertiary/aromatic N) is 2. The molecule has 7 nitrogen and oxygen atoms in total. The molecule has 3 heterocycles. The van der Waals surface area contributed by atoms with Crippen molar-refractivity contribution in [3.63, 3.8) is 0 Å². The third kappa shape index (κ3) is 3.94. The SMILES string of the molecule is O=C1CCC(Nc2nccc(Oc3ccccc3)n2)C(C2CCCO2)N1. The summed E-state index contributed by atoms with van der Waals surface area (Å²) in [5.41, 5.74) is 0. The number of hydrogen-bond donors (Lipinski definition) is 2. The van der Waals surface area contributed by atoms with Gasteiger partial charge in [0.05, 0.1) is 18.2 Å². The van der Waals surface area contributed by atoms with Crippen molar-refractivity contribution < 1.29 is 14.3 Å². The molecule has 4 rings (SSSR count). The van der Waals surface area contributed by atoms with E-state index in [1.54, 1.807) is 12.3 Å². The molecule has 2 fully saturated rings. The Kier molecular flexibility index (Phi) is 4.97. The minimum Gasteiger partial charge on any atom is -0.439 e. The molecule has 26 heavy (non-hydrogen) atoms. The fourth-order valence-electron chi connectivity index (χ4n) is 3.47. The van der Waals surface area contributed by atoms with Crippen LogP contribution in [0.2, 0.25) is 0 Å². The second-order valence-electron chi connectivity index (χ2n) is 6.57. The van der Waals surface area contributed by atoms with Crippen LogP contribution >= 0.6 is 0 Å². The van der Waals surface area contributed by atoms with Crippen LogP contribution in [0.3, 0.4) is 0 Å². The Bertz CT molecular complexity index is 749. The van der Waals surface area contributed by atoms with Crippen LogP contribution in [0, 0.1) is 0 Å². The highest BCUT2D eigenvalue weighted by molar-refractivity contribution is 5.77. The van der Waals surface area contributed by atoms with Crippen molar-refractivity contribution in [2.45, 2.75) is 43.9 Å². The van der Waals surface area contributed by atoms with E-state index in [1.165, 1.54) is 0 Å². The smallest absolute Gasteiger partial charge is 0.226 e. The topological polar surface area (TPSA) is 85.4 Å². The zero-order chi connectivity index (χ0) is 17.8. The summed E-state index contributed by atoms with van der Waals surface area (Å²) in [6.07, 6.45) is 4.91. The van der Waals surface area contributed by atoms with Gasteiger partial charge in [-0.2, -0.15) is 4.98 Å². The van der Waals surface area contributed by atoms with Crippen LogP contribution in [0.25, 0.3) is 0 Å². The quantitative estimate of drug-likeness (QED) is 0.858. The van der Waals surface area contributed by atoms with Crippen molar-refractivity contribution in [2.24, 2.45) is 0 Å². The van der Waals surface area contributed by atoms with E-state index >= 15 is 0 Å². The largest absolute Gasteiger partial charge is 0.439 e. The molecule has 2 saturated heterocycles. The van der Waals surface area contributed by atoms with Gasteiger partial charge in [0.15, 0.2) is 0 Å². The van der Waals surface area contributed by atoms with Crippen molar-refractivity contribution in [3.05, 3.63) is 42.6 Å². The zero-order valence-corrected chi connectivity index (χ0v) is 14.4. The van der Waals surface area contributed by atoms with Crippen molar-refractivity contribution >= 4 is 11.9 Å². The standard InChI is InChI=1S/C19H22N4O3/c24-16-9-8-14(18(22-16)15-7-4-12-25-15)21-19-20-11-10-17(23-19)26-13-5-2-1-3-6-13/h1-3,5-6,10-11,14-15,18H,4,7-9,12H2,(H,22,24)(H,20,21,23). The van der Waals surface area contributed by atoms with E-state index in [9.17, 15) is 4.79 Å². The lowest BCUT2D eigenvalue weighted by Gasteiger charge is -2.36. The number of para-hydroxylation sites is 1. The fourth-order valence-corrected chi connectivity index (χ4v) is 3.47. The molecule has 2 aliphatic heterocycles. The first-order chi connectivity index (χ1) is 12.8. The second-order valence-corrected chi connectivity index (χ2v) is 6.57. The third-order valence-electron chi connectivity index (χ3n) is 4.72. The van der Waals surface area contributed by atoms with Gasteiger partial charge in [0.2, 0.25) is 17.7 Å². The Morgan fingerprint density at radius 2 is 2.08 bits per heavy atom. The van der Waals surface area contributed by atoms with Gasteiger partial charge < -0.3 is 20.1 Å². The van der Waals surface area contributed by atoms with Crippen molar-refractivity contribution in [2.75, 3.05) is 11.9 Å². The van der Waals surface area contributed by atoms with Crippen LogP contribution in [0.1, 0.15) is 25.7 Å². The Balaban J connectivity index is 1.46. The number of ether oxygens (including phenoxy) is 2. The first-order valence-corrected chi connectivity index (χ1v) is 9.01. The van der Waals surface area contributed by atoms with E-state index in [-0.39, 0.29) is 24.1 Å². The Labute approximate surface area is 152 Å². The third-order valence-corrected chi connectivity index (χ3v) is 4.72. The molecule has 2 N–H and O–H groups in total. The highest BCUT2D eigenvalue weighted by Crippen LogP contribution is 2.25. The van der Waals surface area contributed by atoms with Crippen LogP contribution in [-0.4, -0.2) is 40.7 Å². The Morgan fingerprint density at radius 1 is 1.19 bits per heavy atom. The normalized spacial score (nSPS) is 25.5. The molecule has 2 aromatic rings. The predicted octanol–water partition coefficient (Wildman–Crippen LogP) is 2.51. The average molecular weight is 354 g/mol. The molecule has 7 heteroatoms. The van der Waals surface area contributed by atoms with Crippen LogP contribution < -0.4 is 15.4 Å². The molecule has 136 valence electrons. The van der Waals surface area contributed by atoms with Crippen molar-refractivity contribution in [1.29, 1.82) is 0 Å². The molecule has 0 aliphatic carbocycles. The van der Waals surface area contributed by atoms with Gasteiger partial charge in [-0.25, -0.2) is 4.98 Å². The van der Waals surface area contributed by atoms with E-state index in [1.807, 2.05) is 30.3 Å². The lowest BCUT2D eigenvalue weighted by molar-refractivity contribution is -0.124. The van der Waals surface area contributed by atoms with Gasteiger partial charge in [-0.15, -0.1) is 0 Å². The lowest BCUT2D eigenvalue weighted by atomic mass is 9.92. The molecule has 0 bridgehead atoms. The number of hydrogen-bond acceptors (Lipinski definition) is 6. The van der Waals surface area contributed by atoms with Gasteiger partial charge in [-0.05, 0) is 31.4 Å². The molecule has 1 amide bonds. The number of anilines is 1. The summed E-state index contributed by atoms with van der Waals surface area (Å²) in [5.74, 6) is 1.76. The number of piperidine rings is 1. The molecule has 0 spiro atoms. The highest BCUT2D eigenvalue weighted by Gasteiger charge is 2.37. The molecule has 0 saturated carbocycles. The molecular formula is C19H22N4O3. The van der Waals surface area contributed by atoms with E-state index in [2.05, 4.69) is 20.6 Å². The first-order valence-electron chi connectivity index (χ1n) is 9.01. The van der Waals surface area contributed by atoms with Gasteiger partial charge in [0, 0.05) is 25.3 Å². The number of amides is 1. The van der Waals surface area contributed by atoms with Gasteiger partial charge in [0.25, 0.3) is 0 Å². The molecule has 1 aromatic heterocycles. The molecule has 2 aliphatic rings. The average Bonchev–Trinajstić information content (AvgIpc) is 3.19. The van der Waals surface area contributed by atoms with E-state index in [0.717, 1.165) is 31.6 Å². The summed E-state index contributed by atoms with van der Waals surface area (Å²) < 4.78 is 11.6. The minimum absolute atomic E-state index is 0.0303. The van der Waals surface area contributed by atoms with E-state index < -0.39 is 0 Å². The predicted molar refractivity (Wildman–Crippen MR) is 96.1 cm³/mol. The summed E-state index contributed by atoms with van der Waals surface area (Å²) in [6, 6.07) is 11.2. The van der Waals surface area contributed by atoms with Gasteiger partial charge in [-0.3, -0.25) is 4.79 Å². The Morgan fingerprint density at radius 3 is 2.88 bits per heavy atom. The van der Waals surface area contributed by atoms with Crippen LogP contribution in [0.4, 0.5) is 5.95 Å². The molecule has 1 aromatic carbocycles. The number of carbonyl (C=O) groups excluding carboxylic acids is 1. The van der Waals surface area contributed by atoms with Crippen LogP contribution in [0.15, 0.2) is 42.6 Å². The highest BCUT2D eigenvalue weighted by atomic mass is 16.5. The maximum absolute atomic E-state index is 11.8. The molecule has 0 radical (unpaired) electrons. The summed E-state index contributed by atoms with van der Waals surface area (Å²) in [5, 5.41) is 6.43. The van der Waals surface area contributed by atoms with Crippen LogP contribution in [-0.2, 0) is 9.53 Å². The fraction of sp³-hybridized carbons (Fsp3) is 0.421. The maximum atomic E-state index is 11.8. The minimum atomic E-state index is -0.0685. The maximum Gasteiger partial charge on any atom is 0.226 e. The molecular weight excluding hydrogens is 332 g/mol. The van der Waals surface area contributed by atoms with Gasteiger partial charge in [-0.1, -0.05) is 18.2 Å². The summed E-state index contributed by atoms with van der Waals surface area (Å²) in [7, 11) is 0. The van der Waals surface area contributed by atoms with E-state index in [4.69, 9.17) is 9.47 Å². The van der Waals surface area contributed by atoms with E-state index in [0.29, 0.717) is 18.2 Å². The second kappa shape index (κ2) is 7.70. The molecule has 3 unspecified atom stereocenters. The summed E-state index contributed by atoms with van der Waals surface area (Å²) in [6.45, 7) is 0.751. The van der Waals surface area contributed by atoms with Crippen LogP contribution in [0.5, 0.6) is 11.6 Å². The summed E-state index contributed by atoms with van der Waals surface area (Å²) in [4.78, 5) is 20.6. The van der Waals surface area contributed by atoms with Crippen molar-refractivity contribution in [1.82, 2.24) is 15.3 Å². The van der Waals surface area contributed by atoms with Gasteiger partial charge >= 0.3 is 0 Å². The number of nitrogens with one attached hydrogen (secondary N) is 2. The number of benzene rings is 1. The monoisotopic (exact) mass is 354 g/mol. The number of aromatic nitrogens is 2. The Hall–Kier alpha value is -2.67. The molecule has 3 atom stereocenters. The van der Waals surface area contributed by atoms with Gasteiger partial charge in [0.1, 0.15) is 5.75 Å².